The van der Waals surface area contributed by atoms with E-state index in [0.29, 0.717) is 12.1 Å². The Morgan fingerprint density at radius 2 is 2.00 bits per heavy atom. The topological polar surface area (TPSA) is 21.3 Å². The Balaban J connectivity index is 2.60. The van der Waals surface area contributed by atoms with Crippen LogP contribution in [0.3, 0.4) is 0 Å². The Morgan fingerprint density at radius 3 is 2.36 bits per heavy atom. The van der Waals surface area contributed by atoms with Crippen LogP contribution in [0.4, 0.5) is 0 Å². The third kappa shape index (κ3) is 3.37. The fourth-order valence-electron chi connectivity index (χ4n) is 2.17. The summed E-state index contributed by atoms with van der Waals surface area (Å²) in [5, 5.41) is 3.57. The van der Waals surface area contributed by atoms with E-state index in [9.17, 15) is 0 Å². The van der Waals surface area contributed by atoms with Crippen molar-refractivity contribution in [1.29, 1.82) is 0 Å². The molecule has 1 heterocycles. The molecule has 0 aromatic heterocycles. The van der Waals surface area contributed by atoms with Gasteiger partial charge in [0, 0.05) is 6.04 Å². The molecule has 1 rings (SSSR count). The van der Waals surface area contributed by atoms with Gasteiger partial charge in [-0.1, -0.05) is 20.8 Å². The zero-order valence-corrected chi connectivity index (χ0v) is 11.4. The number of hydrogen-bond donors (Lipinski definition) is 1. The van der Waals surface area contributed by atoms with Crippen LogP contribution in [0.1, 0.15) is 33.6 Å². The molecule has 1 N–H and O–H groups in total. The minimum Gasteiger partial charge on any atom is -0.416 e. The van der Waals surface area contributed by atoms with Gasteiger partial charge in [-0.3, -0.25) is 0 Å². The van der Waals surface area contributed by atoms with Gasteiger partial charge < -0.3 is 9.74 Å². The van der Waals surface area contributed by atoms with Crippen LogP contribution in [0, 0.1) is 5.41 Å². The lowest BCUT2D eigenvalue weighted by molar-refractivity contribution is 0.0564. The van der Waals surface area contributed by atoms with E-state index in [-0.39, 0.29) is 5.41 Å². The summed E-state index contributed by atoms with van der Waals surface area (Å²) < 4.78 is 6.18. The Hall–Kier alpha value is 0.137. The van der Waals surface area contributed by atoms with Gasteiger partial charge in [-0.05, 0) is 37.9 Å². The zero-order valence-electron chi connectivity index (χ0n) is 10.3. The van der Waals surface area contributed by atoms with Crippen molar-refractivity contribution >= 4 is 9.04 Å². The predicted molar refractivity (Wildman–Crippen MR) is 64.2 cm³/mol. The van der Waals surface area contributed by atoms with Crippen LogP contribution in [-0.2, 0) is 4.43 Å². The molecule has 0 aromatic carbocycles. The van der Waals surface area contributed by atoms with E-state index >= 15 is 0 Å². The van der Waals surface area contributed by atoms with Crippen molar-refractivity contribution in [3.63, 3.8) is 0 Å². The minimum atomic E-state index is -0.924. The quantitative estimate of drug-likeness (QED) is 0.729. The molecule has 0 bridgehead atoms. The van der Waals surface area contributed by atoms with Crippen molar-refractivity contribution < 1.29 is 4.43 Å². The first-order valence-corrected chi connectivity index (χ1v) is 8.58. The van der Waals surface area contributed by atoms with Gasteiger partial charge >= 0.3 is 0 Å². The maximum absolute atomic E-state index is 6.18. The lowest BCUT2D eigenvalue weighted by Gasteiger charge is -2.37. The van der Waals surface area contributed by atoms with E-state index in [1.807, 2.05) is 0 Å². The van der Waals surface area contributed by atoms with Gasteiger partial charge in [-0.2, -0.15) is 0 Å². The summed E-state index contributed by atoms with van der Waals surface area (Å²) in [5.41, 5.74) is 0.263. The molecule has 2 nitrogen and oxygen atoms in total. The Morgan fingerprint density at radius 1 is 1.36 bits per heavy atom. The van der Waals surface area contributed by atoms with Gasteiger partial charge in [0.25, 0.3) is 0 Å². The Kier molecular flexibility index (Phi) is 4.16. The minimum absolute atomic E-state index is 0.263. The van der Waals surface area contributed by atoms with E-state index in [1.54, 1.807) is 0 Å². The highest BCUT2D eigenvalue weighted by Crippen LogP contribution is 2.29. The molecule has 3 heteroatoms. The average molecular weight is 215 g/mol. The van der Waals surface area contributed by atoms with E-state index in [0.717, 1.165) is 0 Å². The molecule has 84 valence electrons. The summed E-state index contributed by atoms with van der Waals surface area (Å²) >= 11 is 0. The molecule has 2 unspecified atom stereocenters. The molecule has 0 amide bonds. The van der Waals surface area contributed by atoms with Gasteiger partial charge in [-0.15, -0.1) is 0 Å². The molecule has 0 aromatic rings. The Bertz CT molecular complexity index is 171. The highest BCUT2D eigenvalue weighted by Gasteiger charge is 2.34. The molecule has 1 fully saturated rings. The predicted octanol–water partition coefficient (Wildman–Crippen LogP) is 2.15. The van der Waals surface area contributed by atoms with Crippen LogP contribution < -0.4 is 5.32 Å². The molecule has 0 aliphatic carbocycles. The maximum atomic E-state index is 6.18. The summed E-state index contributed by atoms with van der Waals surface area (Å²) in [7, 11) is -0.924. The van der Waals surface area contributed by atoms with Crippen molar-refractivity contribution in [2.75, 3.05) is 6.54 Å². The third-order valence-electron chi connectivity index (χ3n) is 2.74. The highest BCUT2D eigenvalue weighted by molar-refractivity contribution is 6.48. The highest BCUT2D eigenvalue weighted by atomic mass is 28.3. The summed E-state index contributed by atoms with van der Waals surface area (Å²) in [5.74, 6) is 0. The molecule has 0 radical (unpaired) electrons. The van der Waals surface area contributed by atoms with Crippen LogP contribution in [-0.4, -0.2) is 27.7 Å². The van der Waals surface area contributed by atoms with E-state index in [1.165, 1.54) is 19.4 Å². The first-order chi connectivity index (χ1) is 6.41. The molecular formula is C11H25NOSi. The number of hydrogen-bond acceptors (Lipinski definition) is 2. The summed E-state index contributed by atoms with van der Waals surface area (Å²) in [6.07, 6.45) is 2.99. The lowest BCUT2D eigenvalue weighted by Crippen LogP contribution is -2.46. The molecule has 1 aliphatic rings. The first kappa shape index (κ1) is 12.2. The zero-order chi connectivity index (χ0) is 10.8. The molecule has 1 aliphatic heterocycles. The van der Waals surface area contributed by atoms with E-state index < -0.39 is 9.04 Å². The monoisotopic (exact) mass is 215 g/mol. The van der Waals surface area contributed by atoms with Crippen LogP contribution in [0.25, 0.3) is 0 Å². The second-order valence-electron chi connectivity index (χ2n) is 5.67. The van der Waals surface area contributed by atoms with Gasteiger partial charge in [-0.25, -0.2) is 0 Å². The van der Waals surface area contributed by atoms with Gasteiger partial charge in [0.15, 0.2) is 9.04 Å². The summed E-state index contributed by atoms with van der Waals surface area (Å²) in [4.78, 5) is 0. The first-order valence-electron chi connectivity index (χ1n) is 5.80. The molecular weight excluding hydrogens is 190 g/mol. The second-order valence-corrected chi connectivity index (χ2v) is 8.04. The number of nitrogens with one attached hydrogen (secondary N) is 1. The normalized spacial score (nSPS) is 25.7. The van der Waals surface area contributed by atoms with Crippen LogP contribution in [0.2, 0.25) is 13.1 Å². The van der Waals surface area contributed by atoms with E-state index in [4.69, 9.17) is 4.43 Å². The lowest BCUT2D eigenvalue weighted by atomic mass is 9.84. The molecule has 1 saturated heterocycles. The van der Waals surface area contributed by atoms with Crippen molar-refractivity contribution in [1.82, 2.24) is 5.32 Å². The van der Waals surface area contributed by atoms with Gasteiger partial charge in [0.2, 0.25) is 0 Å². The maximum Gasteiger partial charge on any atom is 0.171 e. The SMILES string of the molecule is C[SiH](C)OC(C1CCCN1)C(C)(C)C. The largest absolute Gasteiger partial charge is 0.416 e. The summed E-state index contributed by atoms with van der Waals surface area (Å²) in [6.45, 7) is 12.5. The average Bonchev–Trinajstić information content (AvgIpc) is 2.49. The fraction of sp³-hybridized carbons (Fsp3) is 1.00. The standard InChI is InChI=1S/C11H25NOSi/c1-11(2,3)10(13-14(4)5)9-7-6-8-12-9/h9-10,12,14H,6-8H2,1-5H3. The van der Waals surface area contributed by atoms with Crippen molar-refractivity contribution in [2.45, 2.75) is 58.9 Å². The molecule has 2 atom stereocenters. The fourth-order valence-corrected chi connectivity index (χ4v) is 3.35. The van der Waals surface area contributed by atoms with Crippen LogP contribution >= 0.6 is 0 Å². The smallest absolute Gasteiger partial charge is 0.171 e. The van der Waals surface area contributed by atoms with Crippen LogP contribution in [0.5, 0.6) is 0 Å². The van der Waals surface area contributed by atoms with Crippen molar-refractivity contribution in [2.24, 2.45) is 5.41 Å². The van der Waals surface area contributed by atoms with Gasteiger partial charge in [0.1, 0.15) is 0 Å². The van der Waals surface area contributed by atoms with E-state index in [2.05, 4.69) is 39.2 Å². The van der Waals surface area contributed by atoms with Crippen LogP contribution in [0.15, 0.2) is 0 Å². The van der Waals surface area contributed by atoms with Crippen molar-refractivity contribution in [3.8, 4) is 0 Å². The number of rotatable bonds is 3. The third-order valence-corrected chi connectivity index (χ3v) is 3.57. The van der Waals surface area contributed by atoms with Crippen molar-refractivity contribution in [3.05, 3.63) is 0 Å². The summed E-state index contributed by atoms with van der Waals surface area (Å²) in [6, 6.07) is 0.588. The molecule has 14 heavy (non-hydrogen) atoms. The molecule has 0 saturated carbocycles. The second kappa shape index (κ2) is 4.77. The molecule has 0 spiro atoms. The van der Waals surface area contributed by atoms with Gasteiger partial charge in [0.05, 0.1) is 6.10 Å². The Labute approximate surface area is 90.1 Å².